The third-order valence-electron chi connectivity index (χ3n) is 5.76. The number of fused-ring (bicyclic) bond motifs is 3. The molecule has 5 rings (SSSR count). The monoisotopic (exact) mass is 453 g/mol. The average Bonchev–Trinajstić information content (AvgIpc) is 3.53. The van der Waals surface area contributed by atoms with Crippen molar-refractivity contribution in [3.63, 3.8) is 0 Å². The van der Waals surface area contributed by atoms with Gasteiger partial charge in [0.15, 0.2) is 0 Å². The van der Waals surface area contributed by atoms with Crippen LogP contribution < -0.4 is 10.1 Å². The third-order valence-corrected chi connectivity index (χ3v) is 5.76. The van der Waals surface area contributed by atoms with Crippen LogP contribution in [0.1, 0.15) is 22.6 Å². The Hall–Kier alpha value is -4.46. The first kappa shape index (κ1) is 21.4. The lowest BCUT2D eigenvalue weighted by Crippen LogP contribution is -2.37. The number of methoxy groups -OCH3 is 1. The highest BCUT2D eigenvalue weighted by Gasteiger charge is 2.29. The molecule has 0 bridgehead atoms. The molecule has 0 atom stereocenters. The molecule has 0 saturated carbocycles. The van der Waals surface area contributed by atoms with Gasteiger partial charge in [-0.15, -0.1) is 0 Å². The van der Waals surface area contributed by atoms with Crippen molar-refractivity contribution in [2.45, 2.75) is 12.5 Å². The number of nitrogens with one attached hydrogen (secondary N) is 1. The summed E-state index contributed by atoms with van der Waals surface area (Å²) >= 11 is 0. The molecule has 170 valence electrons. The van der Waals surface area contributed by atoms with E-state index in [0.717, 1.165) is 22.4 Å². The van der Waals surface area contributed by atoms with Gasteiger partial charge in [0.1, 0.15) is 25.0 Å². The van der Waals surface area contributed by atoms with E-state index >= 15 is 0 Å². The van der Waals surface area contributed by atoms with Gasteiger partial charge >= 0.3 is 6.09 Å². The molecule has 1 amide bonds. The molecule has 4 aromatic rings. The van der Waals surface area contributed by atoms with Crippen LogP contribution in [-0.4, -0.2) is 40.5 Å². The number of hydrogen-bond donors (Lipinski definition) is 1. The normalized spacial score (nSPS) is 12.7. The van der Waals surface area contributed by atoms with Gasteiger partial charge < -0.3 is 9.47 Å². The number of aliphatic imine (C=N–C) groups is 1. The highest BCUT2D eigenvalue weighted by atomic mass is 16.5. The van der Waals surface area contributed by atoms with E-state index in [1.165, 1.54) is 28.5 Å². The average molecular weight is 454 g/mol. The smallest absolute Gasteiger partial charge is 0.414 e. The second-order valence-electron chi connectivity index (χ2n) is 7.78. The van der Waals surface area contributed by atoms with E-state index in [0.29, 0.717) is 6.54 Å². The fraction of sp³-hybridized carbons (Fsp3) is 0.154. The van der Waals surface area contributed by atoms with Crippen LogP contribution in [-0.2, 0) is 11.3 Å². The number of ether oxygens (including phenoxy) is 2. The van der Waals surface area contributed by atoms with E-state index in [9.17, 15) is 4.79 Å². The molecular weight excluding hydrogens is 430 g/mol. The zero-order valence-electron chi connectivity index (χ0n) is 18.6. The Morgan fingerprint density at radius 2 is 1.68 bits per heavy atom. The standard InChI is InChI=1S/C26H23N5O3/c1-33-19-12-10-18(11-13-19)14-28-25(31-17-27-16-29-31)30-26(32)34-15-24-22-8-4-2-6-20(22)21-7-3-5-9-23(21)24/h2-13,16-17,24H,14-15H2,1H3,(H,28,30,32). The molecule has 1 aromatic heterocycles. The summed E-state index contributed by atoms with van der Waals surface area (Å²) in [7, 11) is 1.62. The quantitative estimate of drug-likeness (QED) is 0.361. The van der Waals surface area contributed by atoms with Gasteiger partial charge in [-0.2, -0.15) is 9.78 Å². The van der Waals surface area contributed by atoms with Crippen molar-refractivity contribution in [2.75, 3.05) is 13.7 Å². The van der Waals surface area contributed by atoms with Gasteiger partial charge in [-0.3, -0.25) is 5.32 Å². The fourth-order valence-corrected chi connectivity index (χ4v) is 4.11. The van der Waals surface area contributed by atoms with Crippen molar-refractivity contribution in [1.29, 1.82) is 0 Å². The summed E-state index contributed by atoms with van der Waals surface area (Å²) in [6, 6.07) is 24.0. The molecule has 0 saturated heterocycles. The topological polar surface area (TPSA) is 90.6 Å². The number of carbonyl (C=O) groups is 1. The predicted octanol–water partition coefficient (Wildman–Crippen LogP) is 4.23. The maximum Gasteiger partial charge on any atom is 0.414 e. The molecule has 1 aliphatic carbocycles. The molecule has 1 N–H and O–H groups in total. The van der Waals surface area contributed by atoms with Gasteiger partial charge in [0.2, 0.25) is 5.96 Å². The first-order chi connectivity index (χ1) is 16.7. The molecule has 8 nitrogen and oxygen atoms in total. The minimum Gasteiger partial charge on any atom is -0.497 e. The van der Waals surface area contributed by atoms with Gasteiger partial charge in [0, 0.05) is 5.92 Å². The molecule has 0 spiro atoms. The van der Waals surface area contributed by atoms with Gasteiger partial charge in [-0.25, -0.2) is 14.8 Å². The minimum atomic E-state index is -0.606. The van der Waals surface area contributed by atoms with Crippen molar-refractivity contribution >= 4 is 12.1 Å². The summed E-state index contributed by atoms with van der Waals surface area (Å²) in [6.07, 6.45) is 2.24. The van der Waals surface area contributed by atoms with E-state index in [1.54, 1.807) is 7.11 Å². The van der Waals surface area contributed by atoms with Gasteiger partial charge in [0.25, 0.3) is 0 Å². The Bertz CT molecular complexity index is 1270. The molecule has 8 heteroatoms. The van der Waals surface area contributed by atoms with Crippen LogP contribution in [0.5, 0.6) is 5.75 Å². The molecule has 1 aliphatic rings. The Morgan fingerprint density at radius 3 is 2.29 bits per heavy atom. The first-order valence-electron chi connectivity index (χ1n) is 10.9. The van der Waals surface area contributed by atoms with Crippen LogP contribution in [0, 0.1) is 0 Å². The second kappa shape index (κ2) is 9.58. The van der Waals surface area contributed by atoms with Crippen molar-refractivity contribution < 1.29 is 14.3 Å². The molecule has 1 heterocycles. The van der Waals surface area contributed by atoms with Crippen molar-refractivity contribution in [3.8, 4) is 16.9 Å². The van der Waals surface area contributed by atoms with Gasteiger partial charge in [-0.1, -0.05) is 60.7 Å². The summed E-state index contributed by atoms with van der Waals surface area (Å²) in [5, 5.41) is 6.80. The zero-order valence-corrected chi connectivity index (χ0v) is 18.6. The summed E-state index contributed by atoms with van der Waals surface area (Å²) in [5.41, 5.74) is 5.61. The molecule has 0 fully saturated rings. The summed E-state index contributed by atoms with van der Waals surface area (Å²) in [6.45, 7) is 0.547. The largest absolute Gasteiger partial charge is 0.497 e. The van der Waals surface area contributed by atoms with E-state index in [-0.39, 0.29) is 18.5 Å². The fourth-order valence-electron chi connectivity index (χ4n) is 4.11. The lowest BCUT2D eigenvalue weighted by molar-refractivity contribution is 0.148. The number of rotatable bonds is 5. The molecule has 34 heavy (non-hydrogen) atoms. The lowest BCUT2D eigenvalue weighted by Gasteiger charge is -2.15. The van der Waals surface area contributed by atoms with Crippen LogP contribution in [0.15, 0.2) is 90.4 Å². The van der Waals surface area contributed by atoms with Crippen LogP contribution >= 0.6 is 0 Å². The molecule has 0 unspecified atom stereocenters. The van der Waals surface area contributed by atoms with Crippen LogP contribution in [0.25, 0.3) is 11.1 Å². The van der Waals surface area contributed by atoms with Crippen LogP contribution in [0.3, 0.4) is 0 Å². The molecular formula is C26H23N5O3. The van der Waals surface area contributed by atoms with Crippen LogP contribution in [0.2, 0.25) is 0 Å². The maximum atomic E-state index is 12.7. The molecule has 0 radical (unpaired) electrons. The van der Waals surface area contributed by atoms with E-state index in [1.807, 2.05) is 48.5 Å². The first-order valence-corrected chi connectivity index (χ1v) is 10.9. The Labute approximate surface area is 196 Å². The Kier molecular flexibility index (Phi) is 6.03. The predicted molar refractivity (Wildman–Crippen MR) is 128 cm³/mol. The zero-order chi connectivity index (χ0) is 23.3. The van der Waals surface area contributed by atoms with Crippen molar-refractivity contribution in [1.82, 2.24) is 20.1 Å². The number of nitrogens with zero attached hydrogens (tertiary/aromatic N) is 4. The number of alkyl carbamates (subject to hydrolysis) is 1. The van der Waals surface area contributed by atoms with Crippen LogP contribution in [0.4, 0.5) is 4.79 Å². The highest BCUT2D eigenvalue weighted by Crippen LogP contribution is 2.44. The Morgan fingerprint density at radius 1 is 1.00 bits per heavy atom. The molecule has 0 aliphatic heterocycles. The van der Waals surface area contributed by atoms with Gasteiger partial charge in [-0.05, 0) is 39.9 Å². The third kappa shape index (κ3) is 4.38. The number of aromatic nitrogens is 3. The SMILES string of the molecule is COc1ccc(CN=C(NC(=O)OCC2c3ccccc3-c3ccccc32)n2cncn2)cc1. The van der Waals surface area contributed by atoms with Gasteiger partial charge in [0.05, 0.1) is 13.7 Å². The van der Waals surface area contributed by atoms with E-state index < -0.39 is 6.09 Å². The number of hydrogen-bond acceptors (Lipinski definition) is 6. The number of amides is 1. The maximum absolute atomic E-state index is 12.7. The summed E-state index contributed by atoms with van der Waals surface area (Å²) in [4.78, 5) is 21.2. The number of carbonyl (C=O) groups excluding carboxylic acids is 1. The van der Waals surface area contributed by atoms with E-state index in [2.05, 4.69) is 44.7 Å². The highest BCUT2D eigenvalue weighted by molar-refractivity contribution is 5.94. The number of benzene rings is 3. The Balaban J connectivity index is 1.29. The minimum absolute atomic E-state index is 0.0239. The second-order valence-corrected chi connectivity index (χ2v) is 7.78. The van der Waals surface area contributed by atoms with Crippen molar-refractivity contribution in [3.05, 3.63) is 102 Å². The summed E-state index contributed by atoms with van der Waals surface area (Å²) < 4.78 is 12.2. The molecule has 3 aromatic carbocycles. The van der Waals surface area contributed by atoms with Crippen molar-refractivity contribution in [2.24, 2.45) is 4.99 Å². The lowest BCUT2D eigenvalue weighted by atomic mass is 9.98. The summed E-state index contributed by atoms with van der Waals surface area (Å²) in [5.74, 6) is 0.968. The van der Waals surface area contributed by atoms with E-state index in [4.69, 9.17) is 9.47 Å².